The molecule has 1 aromatic carbocycles. The summed E-state index contributed by atoms with van der Waals surface area (Å²) in [6.07, 6.45) is 1.53. The van der Waals surface area contributed by atoms with Crippen molar-refractivity contribution in [2.45, 2.75) is 27.7 Å². The number of hydrogen-bond acceptors (Lipinski definition) is 3. The van der Waals surface area contributed by atoms with Gasteiger partial charge in [-0.2, -0.15) is 0 Å². The number of aromatic nitrogens is 1. The van der Waals surface area contributed by atoms with Gasteiger partial charge in [-0.3, -0.25) is 4.79 Å². The number of benzene rings is 1. The number of aryl methyl sites for hydroxylation is 1. The second kappa shape index (κ2) is 6.13. The second-order valence-electron chi connectivity index (χ2n) is 6.09. The number of carbonyl (C=O) groups excluding carboxylic acids is 1. The molecule has 0 atom stereocenters. The van der Waals surface area contributed by atoms with E-state index in [1.54, 1.807) is 31.2 Å². The highest BCUT2D eigenvalue weighted by Crippen LogP contribution is 2.25. The largest absolute Gasteiger partial charge is 0.457 e. The Hall–Kier alpha value is -2.43. The number of ether oxygens (including phenoxy) is 1. The van der Waals surface area contributed by atoms with Crippen LogP contribution in [0.15, 0.2) is 36.5 Å². The molecule has 2 aromatic rings. The van der Waals surface area contributed by atoms with Gasteiger partial charge in [-0.05, 0) is 24.6 Å². The summed E-state index contributed by atoms with van der Waals surface area (Å²) in [6.45, 7) is 7.14. The molecule has 1 amide bonds. The van der Waals surface area contributed by atoms with Crippen molar-refractivity contribution < 1.29 is 13.9 Å². The first-order chi connectivity index (χ1) is 10.3. The summed E-state index contributed by atoms with van der Waals surface area (Å²) >= 11 is 0. The van der Waals surface area contributed by atoms with Crippen molar-refractivity contribution >= 4 is 11.7 Å². The highest BCUT2D eigenvalue weighted by Gasteiger charge is 2.21. The molecule has 0 aliphatic rings. The molecular formula is C17H19FN2O2. The predicted molar refractivity (Wildman–Crippen MR) is 83.5 cm³/mol. The van der Waals surface area contributed by atoms with Gasteiger partial charge in [0.15, 0.2) is 0 Å². The molecule has 22 heavy (non-hydrogen) atoms. The Balaban J connectivity index is 2.14. The zero-order chi connectivity index (χ0) is 16.3. The number of carbonyl (C=O) groups is 1. The number of pyridine rings is 1. The van der Waals surface area contributed by atoms with Gasteiger partial charge in [0.05, 0.1) is 0 Å². The molecule has 0 bridgehead atoms. The van der Waals surface area contributed by atoms with E-state index >= 15 is 0 Å². The average molecular weight is 302 g/mol. The lowest BCUT2D eigenvalue weighted by molar-refractivity contribution is -0.123. The molecule has 0 radical (unpaired) electrons. The molecule has 1 aromatic heterocycles. The fourth-order valence-corrected chi connectivity index (χ4v) is 1.62. The molecule has 1 N–H and O–H groups in total. The standard InChI is InChI=1S/C17H19FN2O2/c1-11-5-6-12(9-14(11)18)22-13-7-8-19-15(10-13)20-16(21)17(2,3)4/h5-10H,1-4H3,(H,19,20,21). The summed E-state index contributed by atoms with van der Waals surface area (Å²) in [6, 6.07) is 7.90. The number of halogens is 1. The highest BCUT2D eigenvalue weighted by molar-refractivity contribution is 5.93. The first-order valence-electron chi connectivity index (χ1n) is 6.97. The topological polar surface area (TPSA) is 51.2 Å². The Morgan fingerprint density at radius 3 is 2.50 bits per heavy atom. The molecule has 0 aliphatic heterocycles. The lowest BCUT2D eigenvalue weighted by Crippen LogP contribution is -2.27. The summed E-state index contributed by atoms with van der Waals surface area (Å²) in [5.41, 5.74) is 0.0405. The van der Waals surface area contributed by atoms with Crippen LogP contribution in [-0.4, -0.2) is 10.9 Å². The third-order valence-electron chi connectivity index (χ3n) is 3.03. The lowest BCUT2D eigenvalue weighted by atomic mass is 9.96. The smallest absolute Gasteiger partial charge is 0.230 e. The summed E-state index contributed by atoms with van der Waals surface area (Å²) in [7, 11) is 0. The quantitative estimate of drug-likeness (QED) is 0.919. The van der Waals surface area contributed by atoms with Crippen molar-refractivity contribution in [2.24, 2.45) is 5.41 Å². The molecule has 1 heterocycles. The zero-order valence-electron chi connectivity index (χ0n) is 13.1. The minimum Gasteiger partial charge on any atom is -0.457 e. The van der Waals surface area contributed by atoms with Crippen molar-refractivity contribution in [3.8, 4) is 11.5 Å². The molecule has 5 heteroatoms. The van der Waals surface area contributed by atoms with Crippen LogP contribution in [0.3, 0.4) is 0 Å². The molecule has 0 saturated carbocycles. The summed E-state index contributed by atoms with van der Waals surface area (Å²) < 4.78 is 19.1. The molecule has 2 rings (SSSR count). The Labute approximate surface area is 129 Å². The van der Waals surface area contributed by atoms with Crippen LogP contribution >= 0.6 is 0 Å². The van der Waals surface area contributed by atoms with Gasteiger partial charge in [-0.15, -0.1) is 0 Å². The maximum Gasteiger partial charge on any atom is 0.230 e. The van der Waals surface area contributed by atoms with Gasteiger partial charge in [-0.1, -0.05) is 26.8 Å². The van der Waals surface area contributed by atoms with E-state index in [0.717, 1.165) is 0 Å². The number of nitrogens with zero attached hydrogens (tertiary/aromatic N) is 1. The summed E-state index contributed by atoms with van der Waals surface area (Å²) in [4.78, 5) is 16.0. The monoisotopic (exact) mass is 302 g/mol. The number of nitrogens with one attached hydrogen (secondary N) is 1. The van der Waals surface area contributed by atoms with Crippen LogP contribution in [0.1, 0.15) is 26.3 Å². The Morgan fingerprint density at radius 2 is 1.86 bits per heavy atom. The molecule has 0 saturated heterocycles. The van der Waals surface area contributed by atoms with Crippen LogP contribution in [-0.2, 0) is 4.79 Å². The van der Waals surface area contributed by atoms with Crippen LogP contribution < -0.4 is 10.1 Å². The summed E-state index contributed by atoms with van der Waals surface area (Å²) in [5, 5.41) is 2.72. The van der Waals surface area contributed by atoms with Crippen LogP contribution in [0, 0.1) is 18.2 Å². The minimum atomic E-state index is -0.515. The molecule has 0 spiro atoms. The van der Waals surface area contributed by atoms with E-state index in [2.05, 4.69) is 10.3 Å². The maximum atomic E-state index is 13.5. The van der Waals surface area contributed by atoms with Crippen molar-refractivity contribution in [1.29, 1.82) is 0 Å². The van der Waals surface area contributed by atoms with Crippen molar-refractivity contribution in [3.63, 3.8) is 0 Å². The fourth-order valence-electron chi connectivity index (χ4n) is 1.62. The fraction of sp³-hybridized carbons (Fsp3) is 0.294. The van der Waals surface area contributed by atoms with E-state index in [4.69, 9.17) is 4.74 Å². The molecule has 4 nitrogen and oxygen atoms in total. The van der Waals surface area contributed by atoms with Gasteiger partial charge in [0.1, 0.15) is 23.1 Å². The van der Waals surface area contributed by atoms with E-state index in [1.807, 2.05) is 20.8 Å². The molecule has 116 valence electrons. The molecule has 0 aliphatic carbocycles. The van der Waals surface area contributed by atoms with Gasteiger partial charge in [0.25, 0.3) is 0 Å². The number of hydrogen-bond donors (Lipinski definition) is 1. The number of rotatable bonds is 3. The van der Waals surface area contributed by atoms with E-state index < -0.39 is 5.41 Å². The predicted octanol–water partition coefficient (Wildman–Crippen LogP) is 4.31. The SMILES string of the molecule is Cc1ccc(Oc2ccnc(NC(=O)C(C)(C)C)c2)cc1F. The molecular weight excluding hydrogens is 283 g/mol. The Bertz CT molecular complexity index is 693. The van der Waals surface area contributed by atoms with Gasteiger partial charge in [0, 0.05) is 23.7 Å². The van der Waals surface area contributed by atoms with E-state index in [9.17, 15) is 9.18 Å². The zero-order valence-corrected chi connectivity index (χ0v) is 13.1. The highest BCUT2D eigenvalue weighted by atomic mass is 19.1. The first-order valence-corrected chi connectivity index (χ1v) is 6.97. The van der Waals surface area contributed by atoms with Gasteiger partial charge < -0.3 is 10.1 Å². The number of anilines is 1. The summed E-state index contributed by atoms with van der Waals surface area (Å²) in [5.74, 6) is 0.793. The van der Waals surface area contributed by atoms with Gasteiger partial charge >= 0.3 is 0 Å². The first kappa shape index (κ1) is 15.9. The third-order valence-corrected chi connectivity index (χ3v) is 3.03. The molecule has 0 fully saturated rings. The Kier molecular flexibility index (Phi) is 4.45. The van der Waals surface area contributed by atoms with Gasteiger partial charge in [-0.25, -0.2) is 9.37 Å². The van der Waals surface area contributed by atoms with E-state index in [-0.39, 0.29) is 11.7 Å². The number of amides is 1. The molecule has 0 unspecified atom stereocenters. The average Bonchev–Trinajstić information content (AvgIpc) is 2.42. The van der Waals surface area contributed by atoms with E-state index in [0.29, 0.717) is 22.9 Å². The second-order valence-corrected chi connectivity index (χ2v) is 6.09. The van der Waals surface area contributed by atoms with Crippen LogP contribution in [0.4, 0.5) is 10.2 Å². The van der Waals surface area contributed by atoms with Crippen molar-refractivity contribution in [3.05, 3.63) is 47.9 Å². The van der Waals surface area contributed by atoms with E-state index in [1.165, 1.54) is 12.3 Å². The van der Waals surface area contributed by atoms with Crippen LogP contribution in [0.25, 0.3) is 0 Å². The lowest BCUT2D eigenvalue weighted by Gasteiger charge is -2.17. The van der Waals surface area contributed by atoms with Crippen LogP contribution in [0.2, 0.25) is 0 Å². The van der Waals surface area contributed by atoms with Gasteiger partial charge in [0.2, 0.25) is 5.91 Å². The normalized spacial score (nSPS) is 11.1. The minimum absolute atomic E-state index is 0.140. The van der Waals surface area contributed by atoms with Crippen molar-refractivity contribution in [1.82, 2.24) is 4.98 Å². The Morgan fingerprint density at radius 1 is 1.18 bits per heavy atom. The third kappa shape index (κ3) is 4.04. The van der Waals surface area contributed by atoms with Crippen LogP contribution in [0.5, 0.6) is 11.5 Å². The van der Waals surface area contributed by atoms with Crippen molar-refractivity contribution in [2.75, 3.05) is 5.32 Å². The maximum absolute atomic E-state index is 13.5.